The third-order valence-corrected chi connectivity index (χ3v) is 2.68. The first-order valence-corrected chi connectivity index (χ1v) is 6.14. The molecule has 0 aliphatic heterocycles. The standard InChI is InChI=1S/C12H28N2O2/c1-5-12(11-16-4)13-7-9-14(2)8-6-10-15-3/h12-13H,5-11H2,1-4H3. The summed E-state index contributed by atoms with van der Waals surface area (Å²) in [5, 5.41) is 3.49. The van der Waals surface area contributed by atoms with Gasteiger partial charge in [-0.25, -0.2) is 0 Å². The SMILES string of the molecule is CCC(COC)NCCN(C)CCCOC. The number of ether oxygens (including phenoxy) is 2. The Kier molecular flexibility index (Phi) is 11.2. The summed E-state index contributed by atoms with van der Waals surface area (Å²) >= 11 is 0. The van der Waals surface area contributed by atoms with Crippen molar-refractivity contribution >= 4 is 0 Å². The average molecular weight is 232 g/mol. The summed E-state index contributed by atoms with van der Waals surface area (Å²) in [6.45, 7) is 7.01. The van der Waals surface area contributed by atoms with Crippen LogP contribution in [0.4, 0.5) is 0 Å². The number of nitrogens with one attached hydrogen (secondary N) is 1. The smallest absolute Gasteiger partial charge is 0.0615 e. The fraction of sp³-hybridized carbons (Fsp3) is 1.00. The number of rotatable bonds is 11. The molecule has 0 heterocycles. The van der Waals surface area contributed by atoms with Gasteiger partial charge in [0.15, 0.2) is 0 Å². The predicted molar refractivity (Wildman–Crippen MR) is 67.9 cm³/mol. The molecule has 0 fully saturated rings. The topological polar surface area (TPSA) is 33.7 Å². The van der Waals surface area contributed by atoms with Crippen LogP contribution in [-0.2, 0) is 9.47 Å². The molecule has 4 heteroatoms. The highest BCUT2D eigenvalue weighted by molar-refractivity contribution is 4.65. The van der Waals surface area contributed by atoms with Crippen molar-refractivity contribution in [2.75, 3.05) is 54.1 Å². The molecule has 16 heavy (non-hydrogen) atoms. The minimum atomic E-state index is 0.484. The van der Waals surface area contributed by atoms with Crippen LogP contribution in [0.1, 0.15) is 19.8 Å². The van der Waals surface area contributed by atoms with E-state index in [9.17, 15) is 0 Å². The maximum Gasteiger partial charge on any atom is 0.0615 e. The molecule has 4 nitrogen and oxygen atoms in total. The van der Waals surface area contributed by atoms with Gasteiger partial charge in [0.25, 0.3) is 0 Å². The van der Waals surface area contributed by atoms with Gasteiger partial charge in [0, 0.05) is 46.5 Å². The minimum absolute atomic E-state index is 0.484. The summed E-state index contributed by atoms with van der Waals surface area (Å²) < 4.78 is 10.2. The first-order chi connectivity index (χ1) is 7.74. The van der Waals surface area contributed by atoms with E-state index in [-0.39, 0.29) is 0 Å². The molecule has 0 aliphatic carbocycles. The summed E-state index contributed by atoms with van der Waals surface area (Å²) in [6.07, 6.45) is 2.21. The van der Waals surface area contributed by atoms with Crippen LogP contribution in [-0.4, -0.2) is 65.1 Å². The van der Waals surface area contributed by atoms with Crippen molar-refractivity contribution in [3.8, 4) is 0 Å². The lowest BCUT2D eigenvalue weighted by Crippen LogP contribution is -2.38. The zero-order valence-corrected chi connectivity index (χ0v) is 11.3. The van der Waals surface area contributed by atoms with Crippen LogP contribution >= 0.6 is 0 Å². The van der Waals surface area contributed by atoms with E-state index in [4.69, 9.17) is 9.47 Å². The van der Waals surface area contributed by atoms with Gasteiger partial charge < -0.3 is 19.7 Å². The van der Waals surface area contributed by atoms with Crippen molar-refractivity contribution in [3.05, 3.63) is 0 Å². The van der Waals surface area contributed by atoms with Gasteiger partial charge in [0.2, 0.25) is 0 Å². The van der Waals surface area contributed by atoms with Crippen molar-refractivity contribution in [2.45, 2.75) is 25.8 Å². The van der Waals surface area contributed by atoms with E-state index in [1.165, 1.54) is 0 Å². The second-order valence-corrected chi connectivity index (χ2v) is 4.16. The second kappa shape index (κ2) is 11.3. The van der Waals surface area contributed by atoms with Crippen LogP contribution in [0.15, 0.2) is 0 Å². The normalized spacial score (nSPS) is 13.3. The molecule has 1 N–H and O–H groups in total. The number of hydrogen-bond acceptors (Lipinski definition) is 4. The van der Waals surface area contributed by atoms with E-state index < -0.39 is 0 Å². The van der Waals surface area contributed by atoms with E-state index in [1.807, 2.05) is 0 Å². The number of hydrogen-bond donors (Lipinski definition) is 1. The van der Waals surface area contributed by atoms with Crippen molar-refractivity contribution in [3.63, 3.8) is 0 Å². The molecule has 0 spiro atoms. The van der Waals surface area contributed by atoms with Crippen LogP contribution < -0.4 is 5.32 Å². The zero-order valence-electron chi connectivity index (χ0n) is 11.3. The number of likely N-dealkylation sites (N-methyl/N-ethyl adjacent to an activating group) is 1. The van der Waals surface area contributed by atoms with E-state index in [1.54, 1.807) is 14.2 Å². The molecule has 0 aromatic carbocycles. The van der Waals surface area contributed by atoms with Crippen LogP contribution in [0.25, 0.3) is 0 Å². The van der Waals surface area contributed by atoms with Gasteiger partial charge in [-0.2, -0.15) is 0 Å². The molecule has 98 valence electrons. The van der Waals surface area contributed by atoms with Crippen LogP contribution in [0.3, 0.4) is 0 Å². The van der Waals surface area contributed by atoms with E-state index in [0.29, 0.717) is 6.04 Å². The molecule has 0 amide bonds. The van der Waals surface area contributed by atoms with Crippen LogP contribution in [0.5, 0.6) is 0 Å². The maximum absolute atomic E-state index is 5.14. The van der Waals surface area contributed by atoms with Crippen LogP contribution in [0, 0.1) is 0 Å². The predicted octanol–water partition coefficient (Wildman–Crippen LogP) is 0.969. The van der Waals surface area contributed by atoms with Crippen molar-refractivity contribution in [1.29, 1.82) is 0 Å². The molecular formula is C12H28N2O2. The monoisotopic (exact) mass is 232 g/mol. The van der Waals surface area contributed by atoms with Gasteiger partial charge in [-0.1, -0.05) is 6.92 Å². The fourth-order valence-corrected chi connectivity index (χ4v) is 1.57. The molecule has 0 bridgehead atoms. The summed E-state index contributed by atoms with van der Waals surface area (Å²) in [5.74, 6) is 0. The highest BCUT2D eigenvalue weighted by Gasteiger charge is 2.04. The first-order valence-electron chi connectivity index (χ1n) is 6.14. The van der Waals surface area contributed by atoms with Gasteiger partial charge in [0.1, 0.15) is 0 Å². The lowest BCUT2D eigenvalue weighted by Gasteiger charge is -2.20. The van der Waals surface area contributed by atoms with Gasteiger partial charge in [0.05, 0.1) is 6.61 Å². The zero-order chi connectivity index (χ0) is 12.2. The van der Waals surface area contributed by atoms with E-state index in [2.05, 4.69) is 24.2 Å². The minimum Gasteiger partial charge on any atom is -0.385 e. The van der Waals surface area contributed by atoms with E-state index in [0.717, 1.165) is 45.7 Å². The molecule has 0 saturated carbocycles. The lowest BCUT2D eigenvalue weighted by atomic mass is 10.2. The largest absolute Gasteiger partial charge is 0.385 e. The average Bonchev–Trinajstić information content (AvgIpc) is 2.28. The Balaban J connectivity index is 3.40. The number of methoxy groups -OCH3 is 2. The summed E-state index contributed by atoms with van der Waals surface area (Å²) in [4.78, 5) is 2.32. The van der Waals surface area contributed by atoms with Crippen LogP contribution in [0.2, 0.25) is 0 Å². The fourth-order valence-electron chi connectivity index (χ4n) is 1.57. The Morgan fingerprint density at radius 1 is 1.19 bits per heavy atom. The van der Waals surface area contributed by atoms with Gasteiger partial charge in [-0.15, -0.1) is 0 Å². The quantitative estimate of drug-likeness (QED) is 0.538. The molecular weight excluding hydrogens is 204 g/mol. The van der Waals surface area contributed by atoms with Crippen molar-refractivity contribution in [2.24, 2.45) is 0 Å². The molecule has 0 aromatic rings. The summed E-state index contributed by atoms with van der Waals surface area (Å²) in [7, 11) is 5.65. The maximum atomic E-state index is 5.14. The molecule has 0 rings (SSSR count). The second-order valence-electron chi connectivity index (χ2n) is 4.16. The Bertz CT molecular complexity index is 145. The highest BCUT2D eigenvalue weighted by atomic mass is 16.5. The highest BCUT2D eigenvalue weighted by Crippen LogP contribution is 1.92. The first kappa shape index (κ1) is 15.8. The van der Waals surface area contributed by atoms with E-state index >= 15 is 0 Å². The Labute approximate surface area is 100 Å². The number of nitrogens with zero attached hydrogens (tertiary/aromatic N) is 1. The summed E-state index contributed by atoms with van der Waals surface area (Å²) in [6, 6.07) is 0.484. The molecule has 0 saturated heterocycles. The van der Waals surface area contributed by atoms with Gasteiger partial charge >= 0.3 is 0 Å². The third kappa shape index (κ3) is 9.09. The van der Waals surface area contributed by atoms with Gasteiger partial charge in [-0.05, 0) is 19.9 Å². The molecule has 1 atom stereocenters. The molecule has 1 unspecified atom stereocenters. The molecule has 0 aliphatic rings. The Morgan fingerprint density at radius 2 is 1.94 bits per heavy atom. The van der Waals surface area contributed by atoms with Crippen molar-refractivity contribution < 1.29 is 9.47 Å². The third-order valence-electron chi connectivity index (χ3n) is 2.68. The van der Waals surface area contributed by atoms with Gasteiger partial charge in [-0.3, -0.25) is 0 Å². The molecule has 0 aromatic heterocycles. The summed E-state index contributed by atoms with van der Waals surface area (Å²) in [5.41, 5.74) is 0. The van der Waals surface area contributed by atoms with Crippen molar-refractivity contribution in [1.82, 2.24) is 10.2 Å². The Morgan fingerprint density at radius 3 is 2.50 bits per heavy atom. The molecule has 0 radical (unpaired) electrons. The lowest BCUT2D eigenvalue weighted by molar-refractivity contribution is 0.160. The Hall–Kier alpha value is -0.160.